The number of hydrogen-bond donors (Lipinski definition) is 1. The van der Waals surface area contributed by atoms with Crippen LogP contribution >= 0.6 is 35.6 Å². The van der Waals surface area contributed by atoms with Gasteiger partial charge in [-0.2, -0.15) is 0 Å². The maximum atomic E-state index is 13.1. The number of nitrogens with one attached hydrogen (secondary N) is 1. The Morgan fingerprint density at radius 3 is 2.56 bits per heavy atom. The van der Waals surface area contributed by atoms with Crippen LogP contribution in [0.4, 0.5) is 0 Å². The van der Waals surface area contributed by atoms with Crippen molar-refractivity contribution in [2.75, 3.05) is 26.2 Å². The number of rotatable bonds is 6. The molecule has 3 rings (SSSR count). The maximum Gasteiger partial charge on any atom is 0.143 e. The number of halogens is 3. The lowest BCUT2D eigenvalue weighted by Crippen LogP contribution is -2.48. The zero-order chi connectivity index (χ0) is 16.9. The van der Waals surface area contributed by atoms with E-state index in [9.17, 15) is 4.79 Å². The summed E-state index contributed by atoms with van der Waals surface area (Å²) in [5, 5.41) is 4.65. The van der Waals surface area contributed by atoms with Crippen molar-refractivity contribution in [1.82, 2.24) is 10.2 Å². The normalized spacial score (nSPS) is 22.4. The number of carbonyl (C=O) groups is 1. The van der Waals surface area contributed by atoms with Gasteiger partial charge in [0, 0.05) is 24.9 Å². The molecule has 1 N–H and O–H groups in total. The summed E-state index contributed by atoms with van der Waals surface area (Å²) in [5.41, 5.74) is 0.955. The second-order valence-corrected chi connectivity index (χ2v) is 7.88. The quantitative estimate of drug-likeness (QED) is 0.762. The van der Waals surface area contributed by atoms with Gasteiger partial charge in [0.15, 0.2) is 0 Å². The van der Waals surface area contributed by atoms with Crippen LogP contribution in [0.15, 0.2) is 18.2 Å². The van der Waals surface area contributed by atoms with E-state index in [1.807, 2.05) is 12.1 Å². The van der Waals surface area contributed by atoms with Crippen LogP contribution in [0.2, 0.25) is 10.0 Å². The van der Waals surface area contributed by atoms with Crippen LogP contribution in [0.25, 0.3) is 0 Å². The van der Waals surface area contributed by atoms with Gasteiger partial charge in [0.25, 0.3) is 0 Å². The first-order chi connectivity index (χ1) is 11.6. The second kappa shape index (κ2) is 10.1. The minimum Gasteiger partial charge on any atom is -0.313 e. The van der Waals surface area contributed by atoms with Crippen LogP contribution in [0.1, 0.15) is 37.7 Å². The highest BCUT2D eigenvalue weighted by Crippen LogP contribution is 2.25. The van der Waals surface area contributed by atoms with Crippen molar-refractivity contribution >= 4 is 41.4 Å². The molecule has 0 saturated carbocycles. The summed E-state index contributed by atoms with van der Waals surface area (Å²) >= 11 is 12.1. The molecule has 25 heavy (non-hydrogen) atoms. The number of Topliss-reactive ketones (excluding diaryl/α,β-unsaturated/α-hetero) is 1. The Morgan fingerprint density at radius 2 is 1.92 bits per heavy atom. The molecule has 0 radical (unpaired) electrons. The SMILES string of the molecule is Cl.O=C(Cc1ccc(Cl)c(Cl)c1)C(CN1CCCC1)C1CCCCN1. The Bertz CT molecular complexity index is 570. The number of ketones is 1. The lowest BCUT2D eigenvalue weighted by atomic mass is 9.86. The molecule has 2 heterocycles. The van der Waals surface area contributed by atoms with Crippen molar-refractivity contribution in [2.45, 2.75) is 44.6 Å². The Hall–Kier alpha value is -0.320. The molecular formula is C19H27Cl3N2O. The minimum atomic E-state index is 0. The maximum absolute atomic E-state index is 13.1. The first-order valence-corrected chi connectivity index (χ1v) is 9.81. The smallest absolute Gasteiger partial charge is 0.143 e. The van der Waals surface area contributed by atoms with E-state index in [0.717, 1.165) is 38.2 Å². The fraction of sp³-hybridized carbons (Fsp3) is 0.632. The van der Waals surface area contributed by atoms with Crippen LogP contribution in [0.5, 0.6) is 0 Å². The molecule has 0 amide bonds. The van der Waals surface area contributed by atoms with E-state index >= 15 is 0 Å². The zero-order valence-corrected chi connectivity index (χ0v) is 16.8. The van der Waals surface area contributed by atoms with Gasteiger partial charge in [-0.25, -0.2) is 0 Å². The van der Waals surface area contributed by atoms with E-state index in [1.54, 1.807) is 6.07 Å². The molecule has 0 aromatic heterocycles. The van der Waals surface area contributed by atoms with Crippen molar-refractivity contribution in [3.8, 4) is 0 Å². The number of hydrogen-bond acceptors (Lipinski definition) is 3. The Morgan fingerprint density at radius 1 is 1.16 bits per heavy atom. The third-order valence-corrected chi connectivity index (χ3v) is 6.00. The highest BCUT2D eigenvalue weighted by atomic mass is 35.5. The topological polar surface area (TPSA) is 32.3 Å². The minimum absolute atomic E-state index is 0. The average molecular weight is 406 g/mol. The van der Waals surface area contributed by atoms with Crippen LogP contribution in [-0.4, -0.2) is 42.9 Å². The number of nitrogens with zero attached hydrogens (tertiary/aromatic N) is 1. The van der Waals surface area contributed by atoms with E-state index in [2.05, 4.69) is 10.2 Å². The first kappa shape index (κ1) is 21.0. The summed E-state index contributed by atoms with van der Waals surface area (Å²) in [7, 11) is 0. The first-order valence-electron chi connectivity index (χ1n) is 9.06. The van der Waals surface area contributed by atoms with E-state index in [-0.39, 0.29) is 18.3 Å². The second-order valence-electron chi connectivity index (χ2n) is 7.06. The fourth-order valence-corrected chi connectivity index (χ4v) is 4.22. The van der Waals surface area contributed by atoms with E-state index in [1.165, 1.54) is 25.7 Å². The molecule has 2 atom stereocenters. The number of piperidine rings is 1. The molecule has 2 unspecified atom stereocenters. The van der Waals surface area contributed by atoms with Crippen molar-refractivity contribution in [3.05, 3.63) is 33.8 Å². The molecule has 1 aromatic carbocycles. The molecule has 2 aliphatic heterocycles. The molecule has 0 aliphatic carbocycles. The van der Waals surface area contributed by atoms with Gasteiger partial charge in [-0.3, -0.25) is 4.79 Å². The van der Waals surface area contributed by atoms with Gasteiger partial charge in [0.2, 0.25) is 0 Å². The zero-order valence-electron chi connectivity index (χ0n) is 14.5. The predicted octanol–water partition coefficient (Wildman–Crippen LogP) is 4.38. The van der Waals surface area contributed by atoms with Gasteiger partial charge < -0.3 is 10.2 Å². The molecule has 1 aromatic rings. The van der Waals surface area contributed by atoms with Gasteiger partial charge >= 0.3 is 0 Å². The standard InChI is InChI=1S/C19H26Cl2N2O.ClH/c20-16-7-6-14(11-17(16)21)12-19(24)15(13-23-9-3-4-10-23)18-5-1-2-8-22-18;/h6-7,11,15,18,22H,1-5,8-10,12-13H2;1H. The summed E-state index contributed by atoms with van der Waals surface area (Å²) in [5.74, 6) is 0.387. The summed E-state index contributed by atoms with van der Waals surface area (Å²) in [6.07, 6.45) is 6.49. The molecule has 3 nitrogen and oxygen atoms in total. The van der Waals surface area contributed by atoms with Gasteiger partial charge in [0.05, 0.1) is 10.0 Å². The summed E-state index contributed by atoms with van der Waals surface area (Å²) < 4.78 is 0. The number of likely N-dealkylation sites (tertiary alicyclic amines) is 1. The van der Waals surface area contributed by atoms with E-state index in [0.29, 0.717) is 28.3 Å². The molecule has 2 fully saturated rings. The fourth-order valence-electron chi connectivity index (χ4n) is 3.90. The van der Waals surface area contributed by atoms with Crippen molar-refractivity contribution < 1.29 is 4.79 Å². The predicted molar refractivity (Wildman–Crippen MR) is 107 cm³/mol. The van der Waals surface area contributed by atoms with Gasteiger partial charge in [-0.05, 0) is 63.0 Å². The van der Waals surface area contributed by atoms with Crippen LogP contribution in [0.3, 0.4) is 0 Å². The molecule has 0 bridgehead atoms. The number of benzene rings is 1. The summed E-state index contributed by atoms with van der Waals surface area (Å²) in [6, 6.07) is 5.83. The van der Waals surface area contributed by atoms with Crippen LogP contribution < -0.4 is 5.32 Å². The molecule has 0 spiro atoms. The lowest BCUT2D eigenvalue weighted by Gasteiger charge is -2.33. The molecule has 140 valence electrons. The van der Waals surface area contributed by atoms with Crippen molar-refractivity contribution in [3.63, 3.8) is 0 Å². The van der Waals surface area contributed by atoms with Gasteiger partial charge in [0.1, 0.15) is 5.78 Å². The highest BCUT2D eigenvalue weighted by Gasteiger charge is 2.31. The molecule has 2 saturated heterocycles. The van der Waals surface area contributed by atoms with Crippen molar-refractivity contribution in [1.29, 1.82) is 0 Å². The Kier molecular flexibility index (Phi) is 8.50. The molecule has 6 heteroatoms. The third-order valence-electron chi connectivity index (χ3n) is 5.26. The Balaban J connectivity index is 0.00000225. The monoisotopic (exact) mass is 404 g/mol. The van der Waals surface area contributed by atoms with Crippen LogP contribution in [0, 0.1) is 5.92 Å². The summed E-state index contributed by atoms with van der Waals surface area (Å²) in [6.45, 7) is 4.17. The summed E-state index contributed by atoms with van der Waals surface area (Å²) in [4.78, 5) is 15.5. The van der Waals surface area contributed by atoms with Gasteiger partial charge in [-0.1, -0.05) is 35.7 Å². The van der Waals surface area contributed by atoms with Gasteiger partial charge in [-0.15, -0.1) is 12.4 Å². The molecule has 2 aliphatic rings. The number of carbonyl (C=O) groups excluding carboxylic acids is 1. The van der Waals surface area contributed by atoms with Crippen molar-refractivity contribution in [2.24, 2.45) is 5.92 Å². The average Bonchev–Trinajstić information content (AvgIpc) is 3.10. The lowest BCUT2D eigenvalue weighted by molar-refractivity contribution is -0.124. The third kappa shape index (κ3) is 5.83. The highest BCUT2D eigenvalue weighted by molar-refractivity contribution is 6.42. The van der Waals surface area contributed by atoms with E-state index in [4.69, 9.17) is 23.2 Å². The Labute approximate surface area is 166 Å². The largest absolute Gasteiger partial charge is 0.313 e. The van der Waals surface area contributed by atoms with Crippen LogP contribution in [-0.2, 0) is 11.2 Å². The van der Waals surface area contributed by atoms with E-state index < -0.39 is 0 Å². The molecular weight excluding hydrogens is 379 g/mol.